The van der Waals surface area contributed by atoms with Gasteiger partial charge in [0, 0.05) is 19.4 Å². The van der Waals surface area contributed by atoms with Crippen LogP contribution < -0.4 is 10.2 Å². The molecule has 0 spiro atoms. The smallest absolute Gasteiger partial charge is 0.339 e. The molecule has 2 aromatic carbocycles. The highest BCUT2D eigenvalue weighted by atomic mass is 16.5. The summed E-state index contributed by atoms with van der Waals surface area (Å²) in [7, 11) is 0. The van der Waals surface area contributed by atoms with Crippen molar-refractivity contribution < 1.29 is 19.1 Å². The summed E-state index contributed by atoms with van der Waals surface area (Å²) < 4.78 is 5.30. The summed E-state index contributed by atoms with van der Waals surface area (Å²) in [5.74, 6) is -0.841. The predicted octanol–water partition coefficient (Wildman–Crippen LogP) is 2.53. The van der Waals surface area contributed by atoms with E-state index < -0.39 is 18.0 Å². The van der Waals surface area contributed by atoms with Crippen LogP contribution in [0.3, 0.4) is 0 Å². The van der Waals surface area contributed by atoms with Gasteiger partial charge in [0.05, 0.1) is 16.9 Å². The van der Waals surface area contributed by atoms with E-state index in [9.17, 15) is 14.4 Å². The van der Waals surface area contributed by atoms with Crippen LogP contribution in [0.1, 0.15) is 28.8 Å². The van der Waals surface area contributed by atoms with E-state index in [0.717, 1.165) is 12.0 Å². The summed E-state index contributed by atoms with van der Waals surface area (Å²) in [6.45, 7) is 0.636. The number of nitrogens with one attached hydrogen (secondary N) is 1. The predicted molar refractivity (Wildman–Crippen MR) is 96.0 cm³/mol. The summed E-state index contributed by atoms with van der Waals surface area (Å²) in [5.41, 5.74) is 2.51. The third-order valence-corrected chi connectivity index (χ3v) is 4.71. The van der Waals surface area contributed by atoms with Gasteiger partial charge in [0.1, 0.15) is 0 Å². The Morgan fingerprint density at radius 3 is 2.65 bits per heavy atom. The molecule has 6 nitrogen and oxygen atoms in total. The van der Waals surface area contributed by atoms with E-state index in [1.807, 2.05) is 18.2 Å². The van der Waals surface area contributed by atoms with E-state index in [-0.39, 0.29) is 5.91 Å². The number of amides is 2. The molecular formula is C20H18N2O4. The average molecular weight is 350 g/mol. The zero-order chi connectivity index (χ0) is 18.1. The zero-order valence-electron chi connectivity index (χ0n) is 14.1. The molecule has 2 aliphatic heterocycles. The molecule has 0 unspecified atom stereocenters. The van der Waals surface area contributed by atoms with Crippen LogP contribution in [-0.2, 0) is 20.7 Å². The number of para-hydroxylation sites is 2. The van der Waals surface area contributed by atoms with Crippen LogP contribution in [0.2, 0.25) is 0 Å². The normalized spacial score (nSPS) is 19.1. The summed E-state index contributed by atoms with van der Waals surface area (Å²) in [6, 6.07) is 14.3. The van der Waals surface area contributed by atoms with Crippen LogP contribution in [-0.4, -0.2) is 30.4 Å². The van der Waals surface area contributed by atoms with E-state index in [4.69, 9.17) is 4.74 Å². The largest absolute Gasteiger partial charge is 0.448 e. The van der Waals surface area contributed by atoms with Gasteiger partial charge in [0.25, 0.3) is 5.91 Å². The van der Waals surface area contributed by atoms with Crippen molar-refractivity contribution in [3.8, 4) is 0 Å². The lowest BCUT2D eigenvalue weighted by Crippen LogP contribution is -2.38. The van der Waals surface area contributed by atoms with E-state index in [2.05, 4.69) is 5.32 Å². The minimum absolute atomic E-state index is 0.0460. The molecule has 6 heteroatoms. The molecule has 1 N–H and O–H groups in total. The summed E-state index contributed by atoms with van der Waals surface area (Å²) >= 11 is 0. The number of rotatable bonds is 3. The van der Waals surface area contributed by atoms with Gasteiger partial charge in [-0.15, -0.1) is 0 Å². The first-order valence-electron chi connectivity index (χ1n) is 8.62. The number of cyclic esters (lactones) is 1. The van der Waals surface area contributed by atoms with Crippen LogP contribution in [0.5, 0.6) is 0 Å². The molecule has 2 aliphatic rings. The van der Waals surface area contributed by atoms with Crippen molar-refractivity contribution in [3.63, 3.8) is 0 Å². The molecule has 0 aliphatic carbocycles. The van der Waals surface area contributed by atoms with Gasteiger partial charge in [0.15, 0.2) is 6.10 Å². The molecule has 0 radical (unpaired) electrons. The van der Waals surface area contributed by atoms with Crippen LogP contribution in [0, 0.1) is 0 Å². The van der Waals surface area contributed by atoms with Crippen molar-refractivity contribution in [1.82, 2.24) is 0 Å². The molecule has 0 aromatic heterocycles. The maximum absolute atomic E-state index is 12.7. The highest BCUT2D eigenvalue weighted by molar-refractivity contribution is 6.04. The lowest BCUT2D eigenvalue weighted by molar-refractivity contribution is -0.125. The topological polar surface area (TPSA) is 75.7 Å². The SMILES string of the molecule is O=C1O[C@H](C(=O)Nc2ccccc2N2CCCC2=O)Cc2ccccc21. The Morgan fingerprint density at radius 2 is 1.85 bits per heavy atom. The van der Waals surface area contributed by atoms with E-state index >= 15 is 0 Å². The van der Waals surface area contributed by atoms with Crippen molar-refractivity contribution in [1.29, 1.82) is 0 Å². The maximum Gasteiger partial charge on any atom is 0.339 e. The number of hydrogen-bond donors (Lipinski definition) is 1. The van der Waals surface area contributed by atoms with Crippen molar-refractivity contribution in [2.75, 3.05) is 16.8 Å². The number of anilines is 2. The standard InChI is InChI=1S/C20H18N2O4/c23-18-10-5-11-22(18)16-9-4-3-8-15(16)21-19(24)17-12-13-6-1-2-7-14(13)20(25)26-17/h1-4,6-9,17H,5,10-12H2,(H,21,24)/t17-/m0/s1. The number of ether oxygens (including phenoxy) is 1. The number of carbonyl (C=O) groups is 3. The van der Waals surface area contributed by atoms with Crippen molar-refractivity contribution in [2.45, 2.75) is 25.4 Å². The quantitative estimate of drug-likeness (QED) is 0.863. The third-order valence-electron chi connectivity index (χ3n) is 4.71. The van der Waals surface area contributed by atoms with E-state index in [0.29, 0.717) is 36.3 Å². The number of carbonyl (C=O) groups excluding carboxylic acids is 3. The first-order chi connectivity index (χ1) is 12.6. The number of fused-ring (bicyclic) bond motifs is 1. The molecule has 2 amide bonds. The van der Waals surface area contributed by atoms with Crippen LogP contribution >= 0.6 is 0 Å². The van der Waals surface area contributed by atoms with Gasteiger partial charge in [-0.3, -0.25) is 9.59 Å². The van der Waals surface area contributed by atoms with Gasteiger partial charge in [-0.05, 0) is 30.2 Å². The monoisotopic (exact) mass is 350 g/mol. The number of esters is 1. The maximum atomic E-state index is 12.7. The Labute approximate surface area is 150 Å². The van der Waals surface area contributed by atoms with E-state index in [1.165, 1.54) is 0 Å². The van der Waals surface area contributed by atoms with Crippen LogP contribution in [0.15, 0.2) is 48.5 Å². The molecular weight excluding hydrogens is 332 g/mol. The Bertz CT molecular complexity index is 893. The van der Waals surface area contributed by atoms with Gasteiger partial charge in [-0.1, -0.05) is 30.3 Å². The minimum atomic E-state index is -0.889. The minimum Gasteiger partial charge on any atom is -0.448 e. The third kappa shape index (κ3) is 2.94. The molecule has 0 bridgehead atoms. The summed E-state index contributed by atoms with van der Waals surface area (Å²) in [4.78, 5) is 38.5. The molecule has 132 valence electrons. The first-order valence-corrected chi connectivity index (χ1v) is 8.62. The second-order valence-corrected chi connectivity index (χ2v) is 6.41. The van der Waals surface area contributed by atoms with Gasteiger partial charge in [0.2, 0.25) is 5.91 Å². The molecule has 1 atom stereocenters. The van der Waals surface area contributed by atoms with Crippen molar-refractivity contribution >= 4 is 29.2 Å². The Kier molecular flexibility index (Phi) is 4.16. The molecule has 1 fully saturated rings. The molecule has 2 heterocycles. The van der Waals surface area contributed by atoms with Crippen molar-refractivity contribution in [3.05, 3.63) is 59.7 Å². The van der Waals surface area contributed by atoms with E-state index in [1.54, 1.807) is 35.2 Å². The second-order valence-electron chi connectivity index (χ2n) is 6.41. The zero-order valence-corrected chi connectivity index (χ0v) is 14.1. The lowest BCUT2D eigenvalue weighted by atomic mass is 9.98. The van der Waals surface area contributed by atoms with Crippen molar-refractivity contribution in [2.24, 2.45) is 0 Å². The molecule has 4 rings (SSSR count). The molecule has 0 saturated carbocycles. The van der Waals surface area contributed by atoms with Gasteiger partial charge >= 0.3 is 5.97 Å². The van der Waals surface area contributed by atoms with Crippen LogP contribution in [0.4, 0.5) is 11.4 Å². The lowest BCUT2D eigenvalue weighted by Gasteiger charge is -2.25. The Hall–Kier alpha value is -3.15. The molecule has 1 saturated heterocycles. The second kappa shape index (κ2) is 6.63. The summed E-state index contributed by atoms with van der Waals surface area (Å²) in [6.07, 6.45) is 0.760. The molecule has 2 aromatic rings. The van der Waals surface area contributed by atoms with Gasteiger partial charge < -0.3 is 15.0 Å². The van der Waals surface area contributed by atoms with Gasteiger partial charge in [-0.2, -0.15) is 0 Å². The fraction of sp³-hybridized carbons (Fsp3) is 0.250. The number of nitrogens with zero attached hydrogens (tertiary/aromatic N) is 1. The summed E-state index contributed by atoms with van der Waals surface area (Å²) in [5, 5.41) is 2.82. The highest BCUT2D eigenvalue weighted by Crippen LogP contribution is 2.30. The fourth-order valence-corrected chi connectivity index (χ4v) is 3.41. The fourth-order valence-electron chi connectivity index (χ4n) is 3.41. The number of benzene rings is 2. The number of hydrogen-bond acceptors (Lipinski definition) is 4. The van der Waals surface area contributed by atoms with Crippen LogP contribution in [0.25, 0.3) is 0 Å². The molecule has 26 heavy (non-hydrogen) atoms. The Morgan fingerprint density at radius 1 is 1.08 bits per heavy atom. The van der Waals surface area contributed by atoms with Gasteiger partial charge in [-0.25, -0.2) is 4.79 Å². The first kappa shape index (κ1) is 16.3. The average Bonchev–Trinajstić information content (AvgIpc) is 3.08. The Balaban J connectivity index is 1.55. The highest BCUT2D eigenvalue weighted by Gasteiger charge is 2.32.